The summed E-state index contributed by atoms with van der Waals surface area (Å²) in [6.45, 7) is 4.52. The average Bonchev–Trinajstić information content (AvgIpc) is 2.41. The van der Waals surface area contributed by atoms with Gasteiger partial charge in [0.25, 0.3) is 0 Å². The fourth-order valence-corrected chi connectivity index (χ4v) is 2.60. The molecule has 2 heteroatoms. The molecule has 0 saturated heterocycles. The lowest BCUT2D eigenvalue weighted by atomic mass is 9.97. The fourth-order valence-electron chi connectivity index (χ4n) is 2.20. The lowest BCUT2D eigenvalue weighted by molar-refractivity contribution is 0.531. The van der Waals surface area contributed by atoms with Gasteiger partial charge in [0.15, 0.2) is 0 Å². The molecule has 2 aromatic carbocycles. The van der Waals surface area contributed by atoms with E-state index in [1.54, 1.807) is 0 Å². The van der Waals surface area contributed by atoms with Gasteiger partial charge in [0.05, 0.1) is 6.04 Å². The Labute approximate surface area is 124 Å². The van der Waals surface area contributed by atoms with Gasteiger partial charge >= 0.3 is 0 Å². The average molecular weight is 318 g/mol. The zero-order valence-electron chi connectivity index (χ0n) is 11.4. The van der Waals surface area contributed by atoms with Crippen LogP contribution in [0, 0.1) is 5.92 Å². The molecule has 1 unspecified atom stereocenters. The zero-order valence-corrected chi connectivity index (χ0v) is 13.0. The molecule has 0 aliphatic carbocycles. The Kier molecular flexibility index (Phi) is 5.03. The monoisotopic (exact) mass is 317 g/mol. The number of rotatable bonds is 5. The van der Waals surface area contributed by atoms with Crippen LogP contribution >= 0.6 is 15.9 Å². The Morgan fingerprint density at radius 2 is 1.58 bits per heavy atom. The van der Waals surface area contributed by atoms with Gasteiger partial charge < -0.3 is 5.32 Å². The van der Waals surface area contributed by atoms with Crippen LogP contribution in [0.4, 0.5) is 5.69 Å². The molecule has 0 aliphatic rings. The smallest absolute Gasteiger partial charge is 0.0516 e. The highest BCUT2D eigenvalue weighted by Gasteiger charge is 2.13. The van der Waals surface area contributed by atoms with Gasteiger partial charge in [-0.15, -0.1) is 0 Å². The predicted octanol–water partition coefficient (Wildman–Crippen LogP) is 5.65. The van der Waals surface area contributed by atoms with Gasteiger partial charge in [-0.3, -0.25) is 0 Å². The van der Waals surface area contributed by atoms with Crippen molar-refractivity contribution in [2.45, 2.75) is 26.3 Å². The van der Waals surface area contributed by atoms with Crippen LogP contribution in [0.2, 0.25) is 0 Å². The van der Waals surface area contributed by atoms with Crippen LogP contribution in [0.25, 0.3) is 0 Å². The van der Waals surface area contributed by atoms with Crippen molar-refractivity contribution < 1.29 is 0 Å². The Hall–Kier alpha value is -1.28. The quantitative estimate of drug-likeness (QED) is 0.751. The van der Waals surface area contributed by atoms with Crippen molar-refractivity contribution in [1.82, 2.24) is 0 Å². The van der Waals surface area contributed by atoms with E-state index in [9.17, 15) is 0 Å². The summed E-state index contributed by atoms with van der Waals surface area (Å²) in [7, 11) is 0. The molecule has 0 amide bonds. The maximum atomic E-state index is 3.65. The Morgan fingerprint density at radius 1 is 0.947 bits per heavy atom. The number of benzene rings is 2. The molecule has 1 N–H and O–H groups in total. The van der Waals surface area contributed by atoms with Crippen molar-refractivity contribution in [1.29, 1.82) is 0 Å². The summed E-state index contributed by atoms with van der Waals surface area (Å²) in [5, 5.41) is 3.65. The van der Waals surface area contributed by atoms with Crippen molar-refractivity contribution in [2.75, 3.05) is 5.32 Å². The largest absolute Gasteiger partial charge is 0.377 e. The van der Waals surface area contributed by atoms with Crippen LogP contribution < -0.4 is 5.32 Å². The summed E-state index contributed by atoms with van der Waals surface area (Å²) < 4.78 is 1.11. The normalized spacial score (nSPS) is 12.4. The van der Waals surface area contributed by atoms with Gasteiger partial charge in [0.2, 0.25) is 0 Å². The van der Waals surface area contributed by atoms with E-state index in [1.807, 2.05) is 6.07 Å². The van der Waals surface area contributed by atoms with Crippen LogP contribution in [0.5, 0.6) is 0 Å². The van der Waals surface area contributed by atoms with Crippen LogP contribution in [0.3, 0.4) is 0 Å². The first kappa shape index (κ1) is 14.1. The lowest BCUT2D eigenvalue weighted by Gasteiger charge is -2.23. The Balaban J connectivity index is 2.22. The molecule has 2 rings (SSSR count). The van der Waals surface area contributed by atoms with Gasteiger partial charge in [-0.05, 0) is 46.0 Å². The van der Waals surface area contributed by atoms with Crippen molar-refractivity contribution in [3.63, 3.8) is 0 Å². The molecule has 1 atom stereocenters. The maximum Gasteiger partial charge on any atom is 0.0516 e. The molecule has 0 aromatic heterocycles. The number of anilines is 1. The van der Waals surface area contributed by atoms with E-state index in [0.717, 1.165) is 16.6 Å². The molecule has 0 bridgehead atoms. The second kappa shape index (κ2) is 6.76. The van der Waals surface area contributed by atoms with Crippen LogP contribution in [0.15, 0.2) is 59.1 Å². The molecule has 0 fully saturated rings. The zero-order chi connectivity index (χ0) is 13.7. The Bertz CT molecular complexity index is 508. The molecule has 0 heterocycles. The van der Waals surface area contributed by atoms with E-state index >= 15 is 0 Å². The lowest BCUT2D eigenvalue weighted by Crippen LogP contribution is -2.13. The van der Waals surface area contributed by atoms with E-state index in [0.29, 0.717) is 12.0 Å². The first-order chi connectivity index (χ1) is 9.16. The highest BCUT2D eigenvalue weighted by Crippen LogP contribution is 2.29. The van der Waals surface area contributed by atoms with E-state index < -0.39 is 0 Å². The molecule has 0 radical (unpaired) electrons. The van der Waals surface area contributed by atoms with E-state index in [4.69, 9.17) is 0 Å². The van der Waals surface area contributed by atoms with E-state index in [1.165, 1.54) is 5.56 Å². The molecular formula is C17H20BrN. The first-order valence-corrected chi connectivity index (χ1v) is 7.52. The third-order valence-electron chi connectivity index (χ3n) is 3.11. The predicted molar refractivity (Wildman–Crippen MR) is 86.4 cm³/mol. The minimum absolute atomic E-state index is 0.347. The summed E-state index contributed by atoms with van der Waals surface area (Å²) in [6, 6.07) is 19.3. The van der Waals surface area contributed by atoms with Gasteiger partial charge in [0, 0.05) is 10.2 Å². The second-order valence-electron chi connectivity index (χ2n) is 5.22. The molecule has 19 heavy (non-hydrogen) atoms. The molecule has 100 valence electrons. The van der Waals surface area contributed by atoms with E-state index in [-0.39, 0.29) is 0 Å². The molecule has 0 aliphatic heterocycles. The summed E-state index contributed by atoms with van der Waals surface area (Å²) in [5.41, 5.74) is 2.49. The highest BCUT2D eigenvalue weighted by atomic mass is 79.9. The number of para-hydroxylation sites is 1. The van der Waals surface area contributed by atoms with E-state index in [2.05, 4.69) is 83.6 Å². The van der Waals surface area contributed by atoms with Crippen LogP contribution in [-0.4, -0.2) is 0 Å². The summed E-state index contributed by atoms with van der Waals surface area (Å²) >= 11 is 3.60. The van der Waals surface area contributed by atoms with Crippen LogP contribution in [-0.2, 0) is 0 Å². The number of halogens is 1. The summed E-state index contributed by atoms with van der Waals surface area (Å²) in [5.74, 6) is 0.653. The van der Waals surface area contributed by atoms with Crippen LogP contribution in [0.1, 0.15) is 31.9 Å². The maximum absolute atomic E-state index is 3.65. The number of hydrogen-bond acceptors (Lipinski definition) is 1. The first-order valence-electron chi connectivity index (χ1n) is 6.73. The van der Waals surface area contributed by atoms with Crippen molar-refractivity contribution in [3.8, 4) is 0 Å². The highest BCUT2D eigenvalue weighted by molar-refractivity contribution is 9.10. The third kappa shape index (κ3) is 4.10. The minimum atomic E-state index is 0.347. The molecule has 2 aromatic rings. The van der Waals surface area contributed by atoms with Crippen molar-refractivity contribution >= 4 is 21.6 Å². The molecule has 0 spiro atoms. The Morgan fingerprint density at radius 3 is 2.21 bits per heavy atom. The number of nitrogens with one attached hydrogen (secondary N) is 1. The van der Waals surface area contributed by atoms with Gasteiger partial charge in [-0.1, -0.05) is 56.3 Å². The molecule has 0 saturated carbocycles. The third-order valence-corrected chi connectivity index (χ3v) is 3.80. The topological polar surface area (TPSA) is 12.0 Å². The molecule has 1 nitrogen and oxygen atoms in total. The van der Waals surface area contributed by atoms with Gasteiger partial charge in [-0.2, -0.15) is 0 Å². The second-order valence-corrected chi connectivity index (χ2v) is 6.07. The van der Waals surface area contributed by atoms with Gasteiger partial charge in [0.1, 0.15) is 0 Å². The minimum Gasteiger partial charge on any atom is -0.377 e. The van der Waals surface area contributed by atoms with Crippen molar-refractivity contribution in [2.24, 2.45) is 5.92 Å². The van der Waals surface area contributed by atoms with Gasteiger partial charge in [-0.25, -0.2) is 0 Å². The fraction of sp³-hybridized carbons (Fsp3) is 0.294. The SMILES string of the molecule is CC(C)CC(Nc1ccccc1Br)c1ccccc1. The molecular weight excluding hydrogens is 298 g/mol. The standard InChI is InChI=1S/C17H20BrN/c1-13(2)12-17(14-8-4-3-5-9-14)19-16-11-7-6-10-15(16)18/h3-11,13,17,19H,12H2,1-2H3. The number of hydrogen-bond donors (Lipinski definition) is 1. The van der Waals surface area contributed by atoms with Crippen molar-refractivity contribution in [3.05, 3.63) is 64.6 Å². The summed E-state index contributed by atoms with van der Waals surface area (Å²) in [6.07, 6.45) is 1.12. The summed E-state index contributed by atoms with van der Waals surface area (Å²) in [4.78, 5) is 0.